The molecule has 100 valence electrons. The second-order valence-corrected chi connectivity index (χ2v) is 5.76. The highest BCUT2D eigenvalue weighted by atomic mass is 32.2. The van der Waals surface area contributed by atoms with Gasteiger partial charge in [0.1, 0.15) is 5.82 Å². The first-order valence-corrected chi connectivity index (χ1v) is 7.02. The summed E-state index contributed by atoms with van der Waals surface area (Å²) in [4.78, 5) is 0.179. The minimum atomic E-state index is -3.70. The van der Waals surface area contributed by atoms with Crippen molar-refractivity contribution in [3.05, 3.63) is 53.8 Å². The van der Waals surface area contributed by atoms with Crippen LogP contribution in [0, 0.1) is 12.7 Å². The number of nitrogen functional groups attached to an aromatic ring is 1. The summed E-state index contributed by atoms with van der Waals surface area (Å²) in [6.07, 6.45) is 0. The highest BCUT2D eigenvalue weighted by molar-refractivity contribution is 7.92. The SMILES string of the molecule is Cc1ccccc1S(=O)(=O)Nc1ccc(F)c(N)c1. The number of anilines is 2. The minimum Gasteiger partial charge on any atom is -0.396 e. The maximum atomic E-state index is 13.0. The maximum Gasteiger partial charge on any atom is 0.262 e. The fourth-order valence-electron chi connectivity index (χ4n) is 1.68. The lowest BCUT2D eigenvalue weighted by Crippen LogP contribution is -2.14. The third kappa shape index (κ3) is 2.85. The number of sulfonamides is 1. The largest absolute Gasteiger partial charge is 0.396 e. The smallest absolute Gasteiger partial charge is 0.262 e. The van der Waals surface area contributed by atoms with E-state index in [9.17, 15) is 12.8 Å². The Hall–Kier alpha value is -2.08. The zero-order valence-corrected chi connectivity index (χ0v) is 11.0. The molecule has 0 aliphatic heterocycles. The molecule has 2 aromatic carbocycles. The molecule has 6 heteroatoms. The number of nitrogens with one attached hydrogen (secondary N) is 1. The Morgan fingerprint density at radius 2 is 1.84 bits per heavy atom. The van der Waals surface area contributed by atoms with Gasteiger partial charge in [0.15, 0.2) is 0 Å². The van der Waals surface area contributed by atoms with Crippen molar-refractivity contribution in [1.29, 1.82) is 0 Å². The molecule has 0 aliphatic rings. The van der Waals surface area contributed by atoms with Crippen LogP contribution < -0.4 is 10.5 Å². The van der Waals surface area contributed by atoms with E-state index >= 15 is 0 Å². The van der Waals surface area contributed by atoms with Gasteiger partial charge >= 0.3 is 0 Å². The number of hydrogen-bond acceptors (Lipinski definition) is 3. The topological polar surface area (TPSA) is 72.2 Å². The van der Waals surface area contributed by atoms with Crippen LogP contribution in [0.15, 0.2) is 47.4 Å². The van der Waals surface area contributed by atoms with Crippen molar-refractivity contribution in [1.82, 2.24) is 0 Å². The molecule has 2 aromatic rings. The summed E-state index contributed by atoms with van der Waals surface area (Å²) in [6, 6.07) is 10.3. The van der Waals surface area contributed by atoms with Crippen molar-refractivity contribution in [3.8, 4) is 0 Å². The summed E-state index contributed by atoms with van der Waals surface area (Å²) in [7, 11) is -3.70. The van der Waals surface area contributed by atoms with Gasteiger partial charge in [-0.3, -0.25) is 4.72 Å². The van der Waals surface area contributed by atoms with E-state index < -0.39 is 15.8 Å². The Morgan fingerprint density at radius 1 is 1.16 bits per heavy atom. The van der Waals surface area contributed by atoms with Crippen LogP contribution in [0.3, 0.4) is 0 Å². The molecule has 0 atom stereocenters. The van der Waals surface area contributed by atoms with Gasteiger partial charge in [0.25, 0.3) is 10.0 Å². The number of rotatable bonds is 3. The molecule has 0 aliphatic carbocycles. The van der Waals surface area contributed by atoms with Crippen molar-refractivity contribution in [2.45, 2.75) is 11.8 Å². The van der Waals surface area contributed by atoms with Crippen LogP contribution >= 0.6 is 0 Å². The second kappa shape index (κ2) is 4.89. The summed E-state index contributed by atoms with van der Waals surface area (Å²) in [5.41, 5.74) is 6.15. The average molecular weight is 280 g/mol. The van der Waals surface area contributed by atoms with Crippen LogP contribution in [0.5, 0.6) is 0 Å². The van der Waals surface area contributed by atoms with Gasteiger partial charge in [-0.1, -0.05) is 18.2 Å². The van der Waals surface area contributed by atoms with Gasteiger partial charge in [-0.05, 0) is 36.8 Å². The predicted molar refractivity (Wildman–Crippen MR) is 72.8 cm³/mol. The summed E-state index contributed by atoms with van der Waals surface area (Å²) >= 11 is 0. The minimum absolute atomic E-state index is 0.106. The molecule has 0 amide bonds. The molecular weight excluding hydrogens is 267 g/mol. The monoisotopic (exact) mass is 280 g/mol. The van der Waals surface area contributed by atoms with E-state index in [0.717, 1.165) is 6.07 Å². The summed E-state index contributed by atoms with van der Waals surface area (Å²) in [5, 5.41) is 0. The Kier molecular flexibility index (Phi) is 3.44. The molecule has 0 heterocycles. The van der Waals surface area contributed by atoms with Crippen LogP contribution in [0.25, 0.3) is 0 Å². The maximum absolute atomic E-state index is 13.0. The van der Waals surface area contributed by atoms with E-state index in [4.69, 9.17) is 5.73 Å². The van der Waals surface area contributed by atoms with Crippen molar-refractivity contribution in [3.63, 3.8) is 0 Å². The number of aryl methyl sites for hydroxylation is 1. The van der Waals surface area contributed by atoms with E-state index in [-0.39, 0.29) is 16.3 Å². The van der Waals surface area contributed by atoms with Crippen LogP contribution in [0.1, 0.15) is 5.56 Å². The first-order valence-electron chi connectivity index (χ1n) is 5.53. The summed E-state index contributed by atoms with van der Waals surface area (Å²) < 4.78 is 39.7. The first-order chi connectivity index (χ1) is 8.90. The van der Waals surface area contributed by atoms with E-state index in [1.807, 2.05) is 0 Å². The molecule has 4 nitrogen and oxygen atoms in total. The molecular formula is C13H13FN2O2S. The normalized spacial score (nSPS) is 11.3. The summed E-state index contributed by atoms with van der Waals surface area (Å²) in [5.74, 6) is -0.584. The van der Waals surface area contributed by atoms with E-state index in [2.05, 4.69) is 4.72 Å². The third-order valence-electron chi connectivity index (χ3n) is 2.63. The lowest BCUT2D eigenvalue weighted by atomic mass is 10.2. The van der Waals surface area contributed by atoms with Crippen molar-refractivity contribution >= 4 is 21.4 Å². The third-order valence-corrected chi connectivity index (χ3v) is 4.17. The molecule has 0 saturated carbocycles. The van der Waals surface area contributed by atoms with Crippen LogP contribution in [0.4, 0.5) is 15.8 Å². The molecule has 0 spiro atoms. The van der Waals surface area contributed by atoms with Crippen molar-refractivity contribution in [2.24, 2.45) is 0 Å². The van der Waals surface area contributed by atoms with E-state index in [1.165, 1.54) is 18.2 Å². The molecule has 0 fully saturated rings. The van der Waals surface area contributed by atoms with Gasteiger partial charge in [-0.2, -0.15) is 0 Å². The highest BCUT2D eigenvalue weighted by Crippen LogP contribution is 2.21. The first kappa shape index (κ1) is 13.4. The Morgan fingerprint density at radius 3 is 2.47 bits per heavy atom. The average Bonchev–Trinajstić information content (AvgIpc) is 2.34. The molecule has 19 heavy (non-hydrogen) atoms. The number of halogens is 1. The zero-order valence-electron chi connectivity index (χ0n) is 10.2. The van der Waals surface area contributed by atoms with Crippen LogP contribution in [-0.4, -0.2) is 8.42 Å². The fourth-order valence-corrected chi connectivity index (χ4v) is 2.97. The number of nitrogens with two attached hydrogens (primary N) is 1. The van der Waals surface area contributed by atoms with Gasteiger partial charge in [0.2, 0.25) is 0 Å². The van der Waals surface area contributed by atoms with Crippen molar-refractivity contribution in [2.75, 3.05) is 10.5 Å². The molecule has 2 rings (SSSR count). The van der Waals surface area contributed by atoms with Crippen molar-refractivity contribution < 1.29 is 12.8 Å². The quantitative estimate of drug-likeness (QED) is 0.848. The molecule has 3 N–H and O–H groups in total. The molecule has 0 aromatic heterocycles. The standard InChI is InChI=1S/C13H13FN2O2S/c1-9-4-2-3-5-13(9)19(17,18)16-10-6-7-11(14)12(15)8-10/h2-8,16H,15H2,1H3. The van der Waals surface area contributed by atoms with Gasteiger partial charge in [0.05, 0.1) is 16.3 Å². The second-order valence-electron chi connectivity index (χ2n) is 4.11. The van der Waals surface area contributed by atoms with Gasteiger partial charge < -0.3 is 5.73 Å². The number of benzene rings is 2. The van der Waals surface area contributed by atoms with Gasteiger partial charge in [0, 0.05) is 0 Å². The molecule has 0 radical (unpaired) electrons. The summed E-state index contributed by atoms with van der Waals surface area (Å²) in [6.45, 7) is 1.70. The molecule has 0 unspecified atom stereocenters. The lowest BCUT2D eigenvalue weighted by Gasteiger charge is -2.10. The van der Waals surface area contributed by atoms with E-state index in [1.54, 1.807) is 25.1 Å². The highest BCUT2D eigenvalue weighted by Gasteiger charge is 2.16. The van der Waals surface area contributed by atoms with Gasteiger partial charge in [-0.25, -0.2) is 12.8 Å². The van der Waals surface area contributed by atoms with Gasteiger partial charge in [-0.15, -0.1) is 0 Å². The van der Waals surface area contributed by atoms with Crippen LogP contribution in [0.2, 0.25) is 0 Å². The number of hydrogen-bond donors (Lipinski definition) is 2. The molecule has 0 saturated heterocycles. The lowest BCUT2D eigenvalue weighted by molar-refractivity contribution is 0.600. The molecule has 0 bridgehead atoms. The predicted octanol–water partition coefficient (Wildman–Crippen LogP) is 2.52. The van der Waals surface area contributed by atoms with E-state index in [0.29, 0.717) is 5.56 Å². The fraction of sp³-hybridized carbons (Fsp3) is 0.0769. The van der Waals surface area contributed by atoms with Crippen LogP contribution in [-0.2, 0) is 10.0 Å². The Bertz CT molecular complexity index is 714. The Labute approximate surface area is 111 Å². The zero-order chi connectivity index (χ0) is 14.0. The Balaban J connectivity index is 2.37.